The predicted octanol–water partition coefficient (Wildman–Crippen LogP) is 3.37. The van der Waals surface area contributed by atoms with Gasteiger partial charge in [-0.1, -0.05) is 12.1 Å². The van der Waals surface area contributed by atoms with Gasteiger partial charge in [0, 0.05) is 6.07 Å². The first-order chi connectivity index (χ1) is 10.2. The first-order valence-electron chi connectivity index (χ1n) is 6.29. The van der Waals surface area contributed by atoms with Crippen molar-refractivity contribution in [3.63, 3.8) is 0 Å². The van der Waals surface area contributed by atoms with E-state index in [0.717, 1.165) is 16.8 Å². The van der Waals surface area contributed by atoms with E-state index in [4.69, 9.17) is 9.47 Å². The average Bonchev–Trinajstić information content (AvgIpc) is 2.53. The van der Waals surface area contributed by atoms with E-state index in [1.807, 2.05) is 30.3 Å². The number of methoxy groups -OCH3 is 1. The molecule has 0 bridgehead atoms. The molecular weight excluding hydrogens is 334 g/mol. The first-order valence-corrected chi connectivity index (χ1v) is 7.09. The summed E-state index contributed by atoms with van der Waals surface area (Å²) < 4.78 is 11.4. The highest BCUT2D eigenvalue weighted by atomic mass is 79.9. The monoisotopic (exact) mass is 345 g/mol. The third-order valence-electron chi connectivity index (χ3n) is 2.90. The molecule has 0 aliphatic rings. The van der Waals surface area contributed by atoms with Gasteiger partial charge in [0.1, 0.15) is 22.5 Å². The summed E-state index contributed by atoms with van der Waals surface area (Å²) in [7, 11) is 1.64. The van der Waals surface area contributed by atoms with Crippen molar-refractivity contribution < 1.29 is 9.47 Å². The fraction of sp³-hybridized carbons (Fsp3) is 0.133. The van der Waals surface area contributed by atoms with Crippen LogP contribution in [-0.4, -0.2) is 22.1 Å². The van der Waals surface area contributed by atoms with Crippen LogP contribution in [0.2, 0.25) is 0 Å². The highest BCUT2D eigenvalue weighted by Crippen LogP contribution is 2.17. The predicted molar refractivity (Wildman–Crippen MR) is 82.4 cm³/mol. The quantitative estimate of drug-likeness (QED) is 0.725. The van der Waals surface area contributed by atoms with Gasteiger partial charge in [0.2, 0.25) is 5.88 Å². The highest BCUT2D eigenvalue weighted by Gasteiger charge is 2.03. The molecule has 0 radical (unpaired) electrons. The normalized spacial score (nSPS) is 10.6. The molecule has 0 amide bonds. The van der Waals surface area contributed by atoms with Crippen LogP contribution >= 0.6 is 15.9 Å². The summed E-state index contributed by atoms with van der Waals surface area (Å²) >= 11 is 3.28. The van der Waals surface area contributed by atoms with Crippen LogP contribution in [0.5, 0.6) is 11.6 Å². The van der Waals surface area contributed by atoms with E-state index in [2.05, 4.69) is 30.9 Å². The lowest BCUT2D eigenvalue weighted by Crippen LogP contribution is -1.98. The summed E-state index contributed by atoms with van der Waals surface area (Å²) in [6, 6.07) is 11.3. The topological polar surface area (TPSA) is 57.1 Å². The van der Waals surface area contributed by atoms with E-state index in [0.29, 0.717) is 22.7 Å². The molecule has 0 N–H and O–H groups in total. The van der Waals surface area contributed by atoms with E-state index in [-0.39, 0.29) is 0 Å². The number of pyridine rings is 1. The molecule has 0 unspecified atom stereocenters. The van der Waals surface area contributed by atoms with Gasteiger partial charge in [0.15, 0.2) is 5.65 Å². The standard InChI is InChI=1S/C15H12BrN3O2/c1-20-11-4-2-10(3-5-11)9-21-14-7-6-12-15(19-14)18-13(16)8-17-12/h2-8H,9H2,1H3. The molecule has 6 heteroatoms. The minimum absolute atomic E-state index is 0.434. The lowest BCUT2D eigenvalue weighted by atomic mass is 10.2. The molecule has 0 saturated heterocycles. The second kappa shape index (κ2) is 6.05. The van der Waals surface area contributed by atoms with Crippen molar-refractivity contribution in [3.05, 3.63) is 52.8 Å². The second-order valence-corrected chi connectivity index (χ2v) is 5.13. The van der Waals surface area contributed by atoms with E-state index in [1.54, 1.807) is 19.4 Å². The number of aromatic nitrogens is 3. The van der Waals surface area contributed by atoms with Crippen LogP contribution in [0.4, 0.5) is 0 Å². The van der Waals surface area contributed by atoms with Gasteiger partial charge in [0.05, 0.1) is 13.3 Å². The number of fused-ring (bicyclic) bond motifs is 1. The lowest BCUT2D eigenvalue weighted by molar-refractivity contribution is 0.294. The third-order valence-corrected chi connectivity index (χ3v) is 3.28. The van der Waals surface area contributed by atoms with Gasteiger partial charge in [-0.2, -0.15) is 4.98 Å². The van der Waals surface area contributed by atoms with Gasteiger partial charge in [-0.3, -0.25) is 4.98 Å². The lowest BCUT2D eigenvalue weighted by Gasteiger charge is -2.07. The van der Waals surface area contributed by atoms with Crippen LogP contribution in [0, 0.1) is 0 Å². The van der Waals surface area contributed by atoms with Crippen LogP contribution in [-0.2, 0) is 6.61 Å². The molecule has 2 aromatic heterocycles. The van der Waals surface area contributed by atoms with Crippen LogP contribution in [0.25, 0.3) is 11.2 Å². The second-order valence-electron chi connectivity index (χ2n) is 4.32. The Bertz CT molecular complexity index is 762. The van der Waals surface area contributed by atoms with Crippen molar-refractivity contribution >= 4 is 27.1 Å². The van der Waals surface area contributed by atoms with E-state index in [9.17, 15) is 0 Å². The maximum atomic E-state index is 5.68. The molecule has 0 fully saturated rings. The molecule has 0 aliphatic carbocycles. The number of halogens is 1. The highest BCUT2D eigenvalue weighted by molar-refractivity contribution is 9.10. The molecule has 1 aromatic carbocycles. The van der Waals surface area contributed by atoms with Crippen LogP contribution in [0.15, 0.2) is 47.2 Å². The molecule has 0 spiro atoms. The van der Waals surface area contributed by atoms with Crippen molar-refractivity contribution in [2.45, 2.75) is 6.61 Å². The van der Waals surface area contributed by atoms with Crippen molar-refractivity contribution in [1.29, 1.82) is 0 Å². The molecular formula is C15H12BrN3O2. The van der Waals surface area contributed by atoms with Crippen LogP contribution < -0.4 is 9.47 Å². The summed E-state index contributed by atoms with van der Waals surface area (Å²) in [5.74, 6) is 1.34. The summed E-state index contributed by atoms with van der Waals surface area (Å²) in [6.07, 6.45) is 1.64. The van der Waals surface area contributed by atoms with Gasteiger partial charge < -0.3 is 9.47 Å². The Balaban J connectivity index is 1.74. The zero-order chi connectivity index (χ0) is 14.7. The van der Waals surface area contributed by atoms with Crippen molar-refractivity contribution in [3.8, 4) is 11.6 Å². The number of benzene rings is 1. The molecule has 3 rings (SSSR count). The Labute approximate surface area is 130 Å². The van der Waals surface area contributed by atoms with E-state index < -0.39 is 0 Å². The first kappa shape index (κ1) is 13.8. The Kier molecular flexibility index (Phi) is 3.96. The molecule has 5 nitrogen and oxygen atoms in total. The molecule has 106 valence electrons. The number of ether oxygens (including phenoxy) is 2. The molecule has 21 heavy (non-hydrogen) atoms. The zero-order valence-electron chi connectivity index (χ0n) is 11.3. The molecule has 2 heterocycles. The van der Waals surface area contributed by atoms with Gasteiger partial charge in [-0.25, -0.2) is 4.98 Å². The van der Waals surface area contributed by atoms with Crippen LogP contribution in [0.1, 0.15) is 5.56 Å². The fourth-order valence-corrected chi connectivity index (χ4v) is 2.09. The largest absolute Gasteiger partial charge is 0.497 e. The van der Waals surface area contributed by atoms with Gasteiger partial charge in [0.25, 0.3) is 0 Å². The molecule has 0 atom stereocenters. The summed E-state index contributed by atoms with van der Waals surface area (Å²) in [5.41, 5.74) is 2.32. The molecule has 3 aromatic rings. The summed E-state index contributed by atoms with van der Waals surface area (Å²) in [4.78, 5) is 12.8. The minimum Gasteiger partial charge on any atom is -0.497 e. The Morgan fingerprint density at radius 2 is 1.86 bits per heavy atom. The molecule has 0 saturated carbocycles. The summed E-state index contributed by atoms with van der Waals surface area (Å²) in [6.45, 7) is 0.434. The number of hydrogen-bond donors (Lipinski definition) is 0. The Morgan fingerprint density at radius 1 is 1.05 bits per heavy atom. The van der Waals surface area contributed by atoms with Crippen molar-refractivity contribution in [1.82, 2.24) is 15.0 Å². The SMILES string of the molecule is COc1ccc(COc2ccc3ncc(Br)nc3n2)cc1. The third kappa shape index (κ3) is 3.28. The minimum atomic E-state index is 0.434. The zero-order valence-corrected chi connectivity index (χ0v) is 12.9. The Hall–Kier alpha value is -2.21. The van der Waals surface area contributed by atoms with Crippen LogP contribution in [0.3, 0.4) is 0 Å². The Morgan fingerprint density at radius 3 is 2.62 bits per heavy atom. The van der Waals surface area contributed by atoms with E-state index >= 15 is 0 Å². The maximum Gasteiger partial charge on any atom is 0.215 e. The van der Waals surface area contributed by atoms with Crippen molar-refractivity contribution in [2.24, 2.45) is 0 Å². The average molecular weight is 346 g/mol. The van der Waals surface area contributed by atoms with Gasteiger partial charge in [-0.05, 0) is 39.7 Å². The van der Waals surface area contributed by atoms with Gasteiger partial charge in [-0.15, -0.1) is 0 Å². The summed E-state index contributed by atoms with van der Waals surface area (Å²) in [5, 5.41) is 0. The maximum absolute atomic E-state index is 5.68. The van der Waals surface area contributed by atoms with Gasteiger partial charge >= 0.3 is 0 Å². The number of nitrogens with zero attached hydrogens (tertiary/aromatic N) is 3. The smallest absolute Gasteiger partial charge is 0.215 e. The van der Waals surface area contributed by atoms with E-state index in [1.165, 1.54) is 0 Å². The number of hydrogen-bond acceptors (Lipinski definition) is 5. The molecule has 0 aliphatic heterocycles. The van der Waals surface area contributed by atoms with Crippen molar-refractivity contribution in [2.75, 3.05) is 7.11 Å². The fourth-order valence-electron chi connectivity index (χ4n) is 1.82. The number of rotatable bonds is 4.